The number of rotatable bonds is 3. The first-order valence-corrected chi connectivity index (χ1v) is 12.1. The number of phenolic OH excluding ortho intramolecular Hbond substituents is 1. The van der Waals surface area contributed by atoms with Crippen molar-refractivity contribution in [2.45, 2.75) is 50.5 Å². The Balaban J connectivity index is 1.78. The zero-order valence-electron chi connectivity index (χ0n) is 19.8. The van der Waals surface area contributed by atoms with E-state index < -0.39 is 0 Å². The first kappa shape index (κ1) is 22.0. The molecule has 0 aromatic heterocycles. The van der Waals surface area contributed by atoms with Crippen LogP contribution in [0.25, 0.3) is 0 Å². The summed E-state index contributed by atoms with van der Waals surface area (Å²) < 4.78 is 5.36. The molecule has 1 saturated heterocycles. The Morgan fingerprint density at radius 3 is 2.67 bits per heavy atom. The molecule has 3 bridgehead atoms. The molecule has 4 atom stereocenters. The van der Waals surface area contributed by atoms with E-state index in [1.54, 1.807) is 12.1 Å². The summed E-state index contributed by atoms with van der Waals surface area (Å²) in [5.41, 5.74) is 4.76. The molecule has 3 aliphatic heterocycles. The zero-order valence-corrected chi connectivity index (χ0v) is 19.8. The Bertz CT molecular complexity index is 1060. The number of ether oxygens (including phenoxy) is 1. The predicted octanol–water partition coefficient (Wildman–Crippen LogP) is 5.03. The van der Waals surface area contributed by atoms with E-state index >= 15 is 0 Å². The Hall–Kier alpha value is -2.79. The van der Waals surface area contributed by atoms with E-state index in [9.17, 15) is 9.90 Å². The number of hydrogen-bond donors (Lipinski definition) is 1. The normalized spacial score (nSPS) is 29.2. The fraction of sp³-hybridized carbons (Fsp3) is 0.464. The van der Waals surface area contributed by atoms with Crippen molar-refractivity contribution < 1.29 is 14.6 Å². The van der Waals surface area contributed by atoms with Crippen LogP contribution in [-0.4, -0.2) is 49.3 Å². The first-order valence-electron chi connectivity index (χ1n) is 12.1. The van der Waals surface area contributed by atoms with Crippen molar-refractivity contribution in [1.82, 2.24) is 4.90 Å². The molecule has 3 aliphatic rings. The smallest absolute Gasteiger partial charge is 0.328 e. The highest BCUT2D eigenvalue weighted by Crippen LogP contribution is 2.59. The molecular weight excluding hydrogens is 412 g/mol. The van der Waals surface area contributed by atoms with Gasteiger partial charge >= 0.3 is 5.97 Å². The quantitative estimate of drug-likeness (QED) is 0.670. The molecule has 0 aliphatic carbocycles. The maximum absolute atomic E-state index is 13.2. The van der Waals surface area contributed by atoms with Gasteiger partial charge in [0.1, 0.15) is 11.8 Å². The summed E-state index contributed by atoms with van der Waals surface area (Å²) in [4.78, 5) is 17.9. The van der Waals surface area contributed by atoms with E-state index in [4.69, 9.17) is 4.74 Å². The molecule has 4 unspecified atom stereocenters. The molecule has 2 aromatic carbocycles. The van der Waals surface area contributed by atoms with Crippen LogP contribution in [0.1, 0.15) is 55.6 Å². The van der Waals surface area contributed by atoms with Crippen molar-refractivity contribution in [2.75, 3.05) is 32.1 Å². The average Bonchev–Trinajstić information content (AvgIpc) is 2.83. The number of benzene rings is 2. The first-order chi connectivity index (χ1) is 16.0. The molecule has 0 amide bonds. The number of nitrogens with zero attached hydrogens (tertiary/aromatic N) is 2. The van der Waals surface area contributed by atoms with Gasteiger partial charge < -0.3 is 19.6 Å². The van der Waals surface area contributed by atoms with Gasteiger partial charge in [0.2, 0.25) is 0 Å². The predicted molar refractivity (Wildman–Crippen MR) is 130 cm³/mol. The van der Waals surface area contributed by atoms with Crippen molar-refractivity contribution >= 4 is 11.7 Å². The number of anilines is 1. The standard InChI is InChI=1S/C28H34N2O3/c1-4-28-14-7-15-29(2)18-20-16-24(26(28)19-10-12-21(31)13-11-19)30(25(17-28)27(32)33-3)23-9-6-5-8-22(20)23/h5-6,8-13,16,20,25-26,31H,4,7,14-15,17-18H2,1-3H3. The van der Waals surface area contributed by atoms with Gasteiger partial charge in [-0.15, -0.1) is 0 Å². The van der Waals surface area contributed by atoms with Crippen molar-refractivity contribution in [3.63, 3.8) is 0 Å². The van der Waals surface area contributed by atoms with Gasteiger partial charge in [-0.25, -0.2) is 4.79 Å². The van der Waals surface area contributed by atoms with Crippen LogP contribution in [0.3, 0.4) is 0 Å². The number of methoxy groups -OCH3 is 1. The summed E-state index contributed by atoms with van der Waals surface area (Å²) >= 11 is 0. The molecule has 5 nitrogen and oxygen atoms in total. The molecule has 3 heterocycles. The van der Waals surface area contributed by atoms with Crippen LogP contribution < -0.4 is 4.90 Å². The Morgan fingerprint density at radius 1 is 1.18 bits per heavy atom. The van der Waals surface area contributed by atoms with Crippen LogP contribution in [0.2, 0.25) is 0 Å². The second-order valence-electron chi connectivity index (χ2n) is 9.98. The number of allylic oxidation sites excluding steroid dienone is 1. The van der Waals surface area contributed by atoms with Gasteiger partial charge in [0.25, 0.3) is 0 Å². The summed E-state index contributed by atoms with van der Waals surface area (Å²) in [6.45, 7) is 4.26. The number of aromatic hydroxyl groups is 1. The zero-order chi connectivity index (χ0) is 23.2. The molecule has 2 aromatic rings. The number of carbonyl (C=O) groups is 1. The van der Waals surface area contributed by atoms with Crippen LogP contribution in [0.15, 0.2) is 60.3 Å². The van der Waals surface area contributed by atoms with Gasteiger partial charge in [-0.1, -0.05) is 43.3 Å². The van der Waals surface area contributed by atoms with E-state index in [1.807, 2.05) is 0 Å². The van der Waals surface area contributed by atoms with E-state index in [1.165, 1.54) is 23.9 Å². The van der Waals surface area contributed by atoms with Crippen molar-refractivity contribution in [2.24, 2.45) is 5.41 Å². The highest BCUT2D eigenvalue weighted by Gasteiger charge is 2.53. The van der Waals surface area contributed by atoms with E-state index in [2.05, 4.69) is 66.2 Å². The molecule has 0 radical (unpaired) electrons. The summed E-state index contributed by atoms with van der Waals surface area (Å²) in [7, 11) is 3.72. The molecule has 0 saturated carbocycles. The third kappa shape index (κ3) is 3.63. The maximum Gasteiger partial charge on any atom is 0.328 e. The number of hydrogen-bond acceptors (Lipinski definition) is 5. The Morgan fingerprint density at radius 2 is 1.94 bits per heavy atom. The summed E-state index contributed by atoms with van der Waals surface area (Å²) in [6.07, 6.45) is 6.29. The largest absolute Gasteiger partial charge is 0.508 e. The third-order valence-corrected chi connectivity index (χ3v) is 8.19. The number of fused-ring (bicyclic) bond motifs is 5. The van der Waals surface area contributed by atoms with Gasteiger partial charge in [0.05, 0.1) is 7.11 Å². The van der Waals surface area contributed by atoms with E-state index in [0.29, 0.717) is 0 Å². The van der Waals surface area contributed by atoms with Crippen LogP contribution >= 0.6 is 0 Å². The molecule has 33 heavy (non-hydrogen) atoms. The van der Waals surface area contributed by atoms with Crippen molar-refractivity contribution in [1.29, 1.82) is 0 Å². The molecule has 5 heteroatoms. The van der Waals surface area contributed by atoms with Gasteiger partial charge in [-0.3, -0.25) is 0 Å². The number of piperidine rings is 1. The number of likely N-dealkylation sites (N-methyl/N-ethyl adjacent to an activating group) is 1. The highest BCUT2D eigenvalue weighted by molar-refractivity contribution is 5.84. The molecule has 1 N–H and O–H groups in total. The Labute approximate surface area is 196 Å². The second-order valence-corrected chi connectivity index (χ2v) is 9.98. The van der Waals surface area contributed by atoms with Crippen molar-refractivity contribution in [3.8, 4) is 5.75 Å². The summed E-state index contributed by atoms with van der Waals surface area (Å²) in [5, 5.41) is 9.98. The third-order valence-electron chi connectivity index (χ3n) is 8.19. The maximum atomic E-state index is 13.2. The summed E-state index contributed by atoms with van der Waals surface area (Å²) in [5.74, 6) is 0.541. The number of phenols is 1. The number of carbonyl (C=O) groups excluding carboxylic acids is 1. The SMILES string of the molecule is CCC12CCCN(C)CC3C=C(C1c1ccc(O)cc1)N(c1ccccc13)C(C(=O)OC)C2. The molecule has 174 valence electrons. The molecular formula is C28H34N2O3. The molecule has 1 fully saturated rings. The fourth-order valence-electron chi connectivity index (χ4n) is 6.59. The minimum Gasteiger partial charge on any atom is -0.508 e. The fourth-order valence-corrected chi connectivity index (χ4v) is 6.59. The topological polar surface area (TPSA) is 53.0 Å². The molecule has 5 rings (SSSR count). The minimum atomic E-state index is -0.339. The van der Waals surface area contributed by atoms with Gasteiger partial charge in [-0.2, -0.15) is 0 Å². The van der Waals surface area contributed by atoms with Crippen LogP contribution in [0, 0.1) is 5.41 Å². The van der Waals surface area contributed by atoms with Crippen molar-refractivity contribution in [3.05, 3.63) is 71.4 Å². The van der Waals surface area contributed by atoms with Gasteiger partial charge in [-0.05, 0) is 74.0 Å². The second kappa shape index (κ2) is 8.53. The van der Waals surface area contributed by atoms with Crippen LogP contribution in [-0.2, 0) is 9.53 Å². The van der Waals surface area contributed by atoms with Crippen LogP contribution in [0.4, 0.5) is 5.69 Å². The highest BCUT2D eigenvalue weighted by atomic mass is 16.5. The van der Waals surface area contributed by atoms with E-state index in [-0.39, 0.29) is 35.0 Å². The lowest BCUT2D eigenvalue weighted by molar-refractivity contribution is -0.143. The van der Waals surface area contributed by atoms with Gasteiger partial charge in [0.15, 0.2) is 0 Å². The average molecular weight is 447 g/mol. The number of para-hydroxylation sites is 1. The lowest BCUT2D eigenvalue weighted by atomic mass is 9.59. The minimum absolute atomic E-state index is 0.0623. The Kier molecular flexibility index (Phi) is 5.69. The monoisotopic (exact) mass is 446 g/mol. The van der Waals surface area contributed by atoms with Crippen LogP contribution in [0.5, 0.6) is 5.75 Å². The van der Waals surface area contributed by atoms with Gasteiger partial charge in [0, 0.05) is 29.8 Å². The lowest BCUT2D eigenvalue weighted by Crippen LogP contribution is -2.55. The lowest BCUT2D eigenvalue weighted by Gasteiger charge is -2.56. The molecule has 0 spiro atoms. The summed E-state index contributed by atoms with van der Waals surface area (Å²) in [6, 6.07) is 15.9. The number of esters is 1. The van der Waals surface area contributed by atoms with E-state index in [0.717, 1.165) is 44.5 Å².